The van der Waals surface area contributed by atoms with Crippen LogP contribution in [0.5, 0.6) is 5.75 Å². The Balaban J connectivity index is 2.24. The first-order valence-corrected chi connectivity index (χ1v) is 6.61. The molecule has 3 nitrogen and oxygen atoms in total. The molecule has 0 aliphatic rings. The second kappa shape index (κ2) is 5.97. The van der Waals surface area contributed by atoms with Gasteiger partial charge in [-0.05, 0) is 54.8 Å². The Kier molecular flexibility index (Phi) is 4.30. The highest BCUT2D eigenvalue weighted by atomic mass is 35.5. The van der Waals surface area contributed by atoms with E-state index in [2.05, 4.69) is 0 Å². The minimum absolute atomic E-state index is 0.531. The summed E-state index contributed by atoms with van der Waals surface area (Å²) in [7, 11) is 0. The number of aryl methyl sites for hydroxylation is 1. The van der Waals surface area contributed by atoms with E-state index >= 15 is 0 Å². The first-order valence-electron chi connectivity index (χ1n) is 6.23. The maximum Gasteiger partial charge on any atom is 0.344 e. The van der Waals surface area contributed by atoms with Crippen LogP contribution in [0.15, 0.2) is 42.5 Å². The minimum Gasteiger partial charge on any atom is -0.479 e. The minimum atomic E-state index is -0.986. The highest BCUT2D eigenvalue weighted by molar-refractivity contribution is 6.30. The monoisotopic (exact) mass is 290 g/mol. The van der Waals surface area contributed by atoms with Crippen LogP contribution in [0.25, 0.3) is 11.1 Å². The van der Waals surface area contributed by atoms with Crippen molar-refractivity contribution in [2.24, 2.45) is 0 Å². The van der Waals surface area contributed by atoms with E-state index in [1.165, 1.54) is 6.92 Å². The average molecular weight is 291 g/mol. The molecule has 1 unspecified atom stereocenters. The second-order valence-corrected chi connectivity index (χ2v) is 5.02. The van der Waals surface area contributed by atoms with Crippen LogP contribution in [0.4, 0.5) is 0 Å². The SMILES string of the molecule is Cc1ccc(Cl)cc1-c1ccc(OC(C)C(=O)O)cc1. The molecule has 0 amide bonds. The van der Waals surface area contributed by atoms with Gasteiger partial charge in [0, 0.05) is 5.02 Å². The molecule has 4 heteroatoms. The smallest absolute Gasteiger partial charge is 0.344 e. The van der Waals surface area contributed by atoms with Crippen LogP contribution >= 0.6 is 11.6 Å². The molecule has 0 radical (unpaired) electrons. The van der Waals surface area contributed by atoms with E-state index in [-0.39, 0.29) is 0 Å². The Hall–Kier alpha value is -2.00. The number of carboxylic acid groups (broad SMARTS) is 1. The molecule has 0 aliphatic carbocycles. The summed E-state index contributed by atoms with van der Waals surface area (Å²) in [5, 5.41) is 9.49. The molecule has 0 aromatic heterocycles. The molecule has 0 aliphatic heterocycles. The molecule has 2 aromatic rings. The third kappa shape index (κ3) is 3.31. The van der Waals surface area contributed by atoms with Gasteiger partial charge in [-0.15, -0.1) is 0 Å². The van der Waals surface area contributed by atoms with Gasteiger partial charge in [0.15, 0.2) is 6.10 Å². The molecule has 0 bridgehead atoms. The number of aliphatic carboxylic acids is 1. The maximum absolute atomic E-state index is 10.7. The molecular formula is C16H15ClO3. The molecule has 2 rings (SSSR count). The predicted octanol–water partition coefficient (Wildman–Crippen LogP) is 4.17. The van der Waals surface area contributed by atoms with Crippen molar-refractivity contribution in [1.29, 1.82) is 0 Å². The average Bonchev–Trinajstić information content (AvgIpc) is 2.42. The third-order valence-electron chi connectivity index (χ3n) is 3.03. The standard InChI is InChI=1S/C16H15ClO3/c1-10-3-6-13(17)9-15(10)12-4-7-14(8-5-12)20-11(2)16(18)19/h3-9,11H,1-2H3,(H,18,19). The Morgan fingerprint density at radius 3 is 2.45 bits per heavy atom. The summed E-state index contributed by atoms with van der Waals surface area (Å²) in [4.78, 5) is 10.7. The van der Waals surface area contributed by atoms with Crippen molar-refractivity contribution >= 4 is 17.6 Å². The Morgan fingerprint density at radius 1 is 1.20 bits per heavy atom. The van der Waals surface area contributed by atoms with Crippen LogP contribution in [0.2, 0.25) is 5.02 Å². The molecule has 1 atom stereocenters. The lowest BCUT2D eigenvalue weighted by atomic mass is 10.0. The number of carboxylic acids is 1. The van der Waals surface area contributed by atoms with E-state index in [4.69, 9.17) is 21.4 Å². The first-order chi connectivity index (χ1) is 9.47. The van der Waals surface area contributed by atoms with E-state index in [9.17, 15) is 4.79 Å². The lowest BCUT2D eigenvalue weighted by molar-refractivity contribution is -0.144. The van der Waals surface area contributed by atoms with E-state index in [0.29, 0.717) is 10.8 Å². The highest BCUT2D eigenvalue weighted by Gasteiger charge is 2.12. The number of hydrogen-bond donors (Lipinski definition) is 1. The van der Waals surface area contributed by atoms with E-state index in [0.717, 1.165) is 16.7 Å². The zero-order valence-corrected chi connectivity index (χ0v) is 12.0. The second-order valence-electron chi connectivity index (χ2n) is 4.58. The van der Waals surface area contributed by atoms with Crippen molar-refractivity contribution in [1.82, 2.24) is 0 Å². The number of halogens is 1. The zero-order valence-electron chi connectivity index (χ0n) is 11.3. The van der Waals surface area contributed by atoms with Gasteiger partial charge in [0.25, 0.3) is 0 Å². The largest absolute Gasteiger partial charge is 0.479 e. The summed E-state index contributed by atoms with van der Waals surface area (Å²) in [6.07, 6.45) is -0.867. The molecule has 0 fully saturated rings. The molecule has 0 spiro atoms. The van der Waals surface area contributed by atoms with Gasteiger partial charge < -0.3 is 9.84 Å². The normalized spacial score (nSPS) is 11.9. The van der Waals surface area contributed by atoms with Gasteiger partial charge in [-0.1, -0.05) is 29.8 Å². The number of hydrogen-bond acceptors (Lipinski definition) is 2. The van der Waals surface area contributed by atoms with Crippen LogP contribution in [0, 0.1) is 6.92 Å². The van der Waals surface area contributed by atoms with E-state index in [1.54, 1.807) is 12.1 Å². The highest BCUT2D eigenvalue weighted by Crippen LogP contribution is 2.28. The zero-order chi connectivity index (χ0) is 14.7. The quantitative estimate of drug-likeness (QED) is 0.919. The van der Waals surface area contributed by atoms with Gasteiger partial charge in [0.2, 0.25) is 0 Å². The summed E-state index contributed by atoms with van der Waals surface area (Å²) >= 11 is 6.01. The predicted molar refractivity (Wildman–Crippen MR) is 79.4 cm³/mol. The number of carbonyl (C=O) groups is 1. The van der Waals surface area contributed by atoms with Crippen molar-refractivity contribution in [3.8, 4) is 16.9 Å². The van der Waals surface area contributed by atoms with Crippen LogP contribution in [-0.2, 0) is 4.79 Å². The molecule has 0 saturated heterocycles. The number of benzene rings is 2. The van der Waals surface area contributed by atoms with Gasteiger partial charge >= 0.3 is 5.97 Å². The lowest BCUT2D eigenvalue weighted by Crippen LogP contribution is -2.22. The van der Waals surface area contributed by atoms with Crippen molar-refractivity contribution < 1.29 is 14.6 Å². The van der Waals surface area contributed by atoms with Crippen molar-refractivity contribution in [3.05, 3.63) is 53.1 Å². The molecule has 104 valence electrons. The number of ether oxygens (including phenoxy) is 1. The van der Waals surface area contributed by atoms with Gasteiger partial charge in [0.1, 0.15) is 5.75 Å². The summed E-state index contributed by atoms with van der Waals surface area (Å²) in [6.45, 7) is 3.51. The van der Waals surface area contributed by atoms with Crippen molar-refractivity contribution in [3.63, 3.8) is 0 Å². The number of rotatable bonds is 4. The Labute approximate surface area is 122 Å². The van der Waals surface area contributed by atoms with E-state index < -0.39 is 12.1 Å². The molecule has 0 saturated carbocycles. The third-order valence-corrected chi connectivity index (χ3v) is 3.26. The van der Waals surface area contributed by atoms with Gasteiger partial charge in [-0.3, -0.25) is 0 Å². The Bertz CT molecular complexity index is 620. The van der Waals surface area contributed by atoms with Gasteiger partial charge in [-0.25, -0.2) is 4.79 Å². The summed E-state index contributed by atoms with van der Waals surface area (Å²) in [5.41, 5.74) is 3.19. The summed E-state index contributed by atoms with van der Waals surface area (Å²) < 4.78 is 5.29. The lowest BCUT2D eigenvalue weighted by Gasteiger charge is -2.11. The molecule has 2 aromatic carbocycles. The molecule has 20 heavy (non-hydrogen) atoms. The fourth-order valence-electron chi connectivity index (χ4n) is 1.87. The fourth-order valence-corrected chi connectivity index (χ4v) is 2.04. The maximum atomic E-state index is 10.7. The topological polar surface area (TPSA) is 46.5 Å². The first kappa shape index (κ1) is 14.4. The van der Waals surface area contributed by atoms with E-state index in [1.807, 2.05) is 37.3 Å². The van der Waals surface area contributed by atoms with Crippen LogP contribution < -0.4 is 4.74 Å². The summed E-state index contributed by atoms with van der Waals surface area (Å²) in [5.74, 6) is -0.455. The van der Waals surface area contributed by atoms with Crippen LogP contribution in [0.3, 0.4) is 0 Å². The van der Waals surface area contributed by atoms with Crippen LogP contribution in [-0.4, -0.2) is 17.2 Å². The van der Waals surface area contributed by atoms with Gasteiger partial charge in [-0.2, -0.15) is 0 Å². The van der Waals surface area contributed by atoms with Gasteiger partial charge in [0.05, 0.1) is 0 Å². The van der Waals surface area contributed by atoms with Crippen molar-refractivity contribution in [2.45, 2.75) is 20.0 Å². The van der Waals surface area contributed by atoms with Crippen LogP contribution in [0.1, 0.15) is 12.5 Å². The Morgan fingerprint density at radius 2 is 1.85 bits per heavy atom. The molecular weight excluding hydrogens is 276 g/mol. The fraction of sp³-hybridized carbons (Fsp3) is 0.188. The molecule has 0 heterocycles. The summed E-state index contributed by atoms with van der Waals surface area (Å²) in [6, 6.07) is 13.0. The van der Waals surface area contributed by atoms with Crippen molar-refractivity contribution in [2.75, 3.05) is 0 Å². The molecule has 1 N–H and O–H groups in total.